The highest BCUT2D eigenvalue weighted by Gasteiger charge is 2.17. The molecule has 0 unspecified atom stereocenters. The summed E-state index contributed by atoms with van der Waals surface area (Å²) < 4.78 is 7.23. The number of nitrogens with zero attached hydrogens (tertiary/aromatic N) is 1. The smallest absolute Gasteiger partial charge is 0.242 e. The summed E-state index contributed by atoms with van der Waals surface area (Å²) in [6.45, 7) is 6.58. The molecule has 0 radical (unpaired) electrons. The zero-order valence-electron chi connectivity index (χ0n) is 13.3. The van der Waals surface area contributed by atoms with E-state index in [2.05, 4.69) is 55.3 Å². The van der Waals surface area contributed by atoms with E-state index in [9.17, 15) is 0 Å². The van der Waals surface area contributed by atoms with Gasteiger partial charge in [0.25, 0.3) is 0 Å². The average Bonchev–Trinajstić information content (AvgIpc) is 2.89. The Morgan fingerprint density at radius 3 is 2.41 bits per heavy atom. The van der Waals surface area contributed by atoms with Crippen molar-refractivity contribution in [3.8, 4) is 16.3 Å². The van der Waals surface area contributed by atoms with Gasteiger partial charge in [0, 0.05) is 18.3 Å². The maximum atomic E-state index is 6.06. The van der Waals surface area contributed by atoms with Crippen LogP contribution < -0.4 is 9.74 Å². The van der Waals surface area contributed by atoms with Gasteiger partial charge in [0.2, 0.25) is 8.32 Å². The Balaban J connectivity index is 1.95. The first kappa shape index (κ1) is 15.1. The maximum absolute atomic E-state index is 6.06. The van der Waals surface area contributed by atoms with Crippen LogP contribution in [-0.4, -0.2) is 20.3 Å². The second-order valence-electron chi connectivity index (χ2n) is 6.19. The number of anilines is 1. The fourth-order valence-electron chi connectivity index (χ4n) is 2.22. The Labute approximate surface area is 136 Å². The van der Waals surface area contributed by atoms with Crippen LogP contribution in [0.5, 0.6) is 5.75 Å². The van der Waals surface area contributed by atoms with Gasteiger partial charge in [0.1, 0.15) is 10.8 Å². The first-order valence-electron chi connectivity index (χ1n) is 7.32. The molecule has 0 saturated carbocycles. The molecular formula is C17H20N2OSSi. The van der Waals surface area contributed by atoms with Crippen LogP contribution in [0.2, 0.25) is 19.6 Å². The summed E-state index contributed by atoms with van der Waals surface area (Å²) in [6, 6.07) is 14.5. The first-order chi connectivity index (χ1) is 10.4. The number of thiazole rings is 1. The SMILES string of the molecule is CNc1ccc(-c2nc3ccc(O[Si](C)(C)C)cc3s2)cc1. The van der Waals surface area contributed by atoms with E-state index in [-0.39, 0.29) is 0 Å². The molecule has 0 spiro atoms. The molecule has 1 heterocycles. The lowest BCUT2D eigenvalue weighted by atomic mass is 10.2. The summed E-state index contributed by atoms with van der Waals surface area (Å²) >= 11 is 1.71. The molecule has 2 aromatic carbocycles. The van der Waals surface area contributed by atoms with Gasteiger partial charge >= 0.3 is 0 Å². The summed E-state index contributed by atoms with van der Waals surface area (Å²) in [5.41, 5.74) is 3.28. The summed E-state index contributed by atoms with van der Waals surface area (Å²) in [6.07, 6.45) is 0. The molecule has 0 aliphatic carbocycles. The van der Waals surface area contributed by atoms with E-state index in [1.54, 1.807) is 11.3 Å². The van der Waals surface area contributed by atoms with Crippen LogP contribution in [0.1, 0.15) is 0 Å². The van der Waals surface area contributed by atoms with Crippen molar-refractivity contribution < 1.29 is 4.43 Å². The van der Waals surface area contributed by atoms with E-state index >= 15 is 0 Å². The highest BCUT2D eigenvalue weighted by atomic mass is 32.1. The molecule has 1 aromatic heterocycles. The highest BCUT2D eigenvalue weighted by Crippen LogP contribution is 2.33. The third kappa shape index (κ3) is 3.31. The van der Waals surface area contributed by atoms with E-state index in [4.69, 9.17) is 9.41 Å². The lowest BCUT2D eigenvalue weighted by molar-refractivity contribution is 0.559. The lowest BCUT2D eigenvalue weighted by Crippen LogP contribution is -2.29. The van der Waals surface area contributed by atoms with Gasteiger partial charge in [0.05, 0.1) is 10.2 Å². The molecule has 0 atom stereocenters. The average molecular weight is 329 g/mol. The molecule has 0 saturated heterocycles. The van der Waals surface area contributed by atoms with Crippen molar-refractivity contribution in [1.29, 1.82) is 0 Å². The van der Waals surface area contributed by atoms with Crippen molar-refractivity contribution in [3.05, 3.63) is 42.5 Å². The molecule has 3 nitrogen and oxygen atoms in total. The number of benzene rings is 2. The van der Waals surface area contributed by atoms with Gasteiger partial charge in [-0.05, 0) is 62.1 Å². The topological polar surface area (TPSA) is 34.2 Å². The predicted molar refractivity (Wildman–Crippen MR) is 98.6 cm³/mol. The van der Waals surface area contributed by atoms with Crippen LogP contribution in [0.25, 0.3) is 20.8 Å². The Bertz CT molecular complexity index is 791. The summed E-state index contributed by atoms with van der Waals surface area (Å²) in [5, 5.41) is 4.18. The van der Waals surface area contributed by atoms with Gasteiger partial charge in [-0.2, -0.15) is 0 Å². The van der Waals surface area contributed by atoms with Crippen molar-refractivity contribution in [2.75, 3.05) is 12.4 Å². The minimum Gasteiger partial charge on any atom is -0.544 e. The quantitative estimate of drug-likeness (QED) is 0.667. The number of fused-ring (bicyclic) bond motifs is 1. The molecule has 0 fully saturated rings. The maximum Gasteiger partial charge on any atom is 0.242 e. The Kier molecular flexibility index (Phi) is 3.93. The molecule has 22 heavy (non-hydrogen) atoms. The largest absolute Gasteiger partial charge is 0.544 e. The number of nitrogens with one attached hydrogen (secondary N) is 1. The minimum atomic E-state index is -1.58. The molecule has 5 heteroatoms. The molecule has 3 aromatic rings. The number of aromatic nitrogens is 1. The third-order valence-electron chi connectivity index (χ3n) is 3.20. The molecule has 3 rings (SSSR count). The highest BCUT2D eigenvalue weighted by molar-refractivity contribution is 7.21. The van der Waals surface area contributed by atoms with Gasteiger partial charge in [-0.1, -0.05) is 0 Å². The fraction of sp³-hybridized carbons (Fsp3) is 0.235. The second kappa shape index (κ2) is 5.74. The van der Waals surface area contributed by atoms with Crippen molar-refractivity contribution in [2.24, 2.45) is 0 Å². The third-order valence-corrected chi connectivity index (χ3v) is 5.12. The standard InChI is InChI=1S/C17H20N2OSSi/c1-18-13-7-5-12(6-8-13)17-19-15-10-9-14(11-16(15)21-17)20-22(2,3)4/h5-11,18H,1-4H3. The van der Waals surface area contributed by atoms with Crippen LogP contribution >= 0.6 is 11.3 Å². The summed E-state index contributed by atoms with van der Waals surface area (Å²) in [4.78, 5) is 4.73. The van der Waals surface area contributed by atoms with E-state index in [1.807, 2.05) is 19.2 Å². The molecular weight excluding hydrogens is 308 g/mol. The van der Waals surface area contributed by atoms with Crippen molar-refractivity contribution in [1.82, 2.24) is 4.98 Å². The monoisotopic (exact) mass is 328 g/mol. The summed E-state index contributed by atoms with van der Waals surface area (Å²) in [5.74, 6) is 0.951. The lowest BCUT2D eigenvalue weighted by Gasteiger charge is -2.18. The molecule has 0 aliphatic heterocycles. The number of rotatable bonds is 4. The molecule has 0 bridgehead atoms. The zero-order valence-corrected chi connectivity index (χ0v) is 15.1. The number of hydrogen-bond acceptors (Lipinski definition) is 4. The van der Waals surface area contributed by atoms with Crippen LogP contribution in [0.3, 0.4) is 0 Å². The molecule has 1 N–H and O–H groups in total. The van der Waals surface area contributed by atoms with Gasteiger partial charge in [0.15, 0.2) is 0 Å². The van der Waals surface area contributed by atoms with Gasteiger partial charge in [-0.15, -0.1) is 11.3 Å². The minimum absolute atomic E-state index is 0.951. The normalized spacial score (nSPS) is 11.6. The Hall–Kier alpha value is -1.85. The Morgan fingerprint density at radius 2 is 1.77 bits per heavy atom. The van der Waals surface area contributed by atoms with E-state index in [0.717, 1.165) is 27.5 Å². The first-order valence-corrected chi connectivity index (χ1v) is 11.5. The molecule has 114 valence electrons. The van der Waals surface area contributed by atoms with Crippen molar-refractivity contribution in [2.45, 2.75) is 19.6 Å². The van der Waals surface area contributed by atoms with Crippen LogP contribution in [0.4, 0.5) is 5.69 Å². The second-order valence-corrected chi connectivity index (χ2v) is 11.6. The van der Waals surface area contributed by atoms with Gasteiger partial charge in [-0.25, -0.2) is 4.98 Å². The summed E-state index contributed by atoms with van der Waals surface area (Å²) in [7, 11) is 0.348. The van der Waals surface area contributed by atoms with E-state index in [0.29, 0.717) is 0 Å². The number of hydrogen-bond donors (Lipinski definition) is 1. The fourth-order valence-corrected chi connectivity index (χ4v) is 4.06. The van der Waals surface area contributed by atoms with E-state index in [1.165, 1.54) is 4.70 Å². The predicted octanol–water partition coefficient (Wildman–Crippen LogP) is 5.22. The van der Waals surface area contributed by atoms with Crippen molar-refractivity contribution in [3.63, 3.8) is 0 Å². The van der Waals surface area contributed by atoms with Crippen molar-refractivity contribution >= 4 is 35.6 Å². The van der Waals surface area contributed by atoms with Crippen LogP contribution in [0, 0.1) is 0 Å². The van der Waals surface area contributed by atoms with Crippen LogP contribution in [-0.2, 0) is 0 Å². The Morgan fingerprint density at radius 1 is 1.05 bits per heavy atom. The zero-order chi connectivity index (χ0) is 15.7. The van der Waals surface area contributed by atoms with E-state index < -0.39 is 8.32 Å². The van der Waals surface area contributed by atoms with Gasteiger partial charge in [-0.3, -0.25) is 0 Å². The molecule has 0 amide bonds. The van der Waals surface area contributed by atoms with Crippen LogP contribution in [0.15, 0.2) is 42.5 Å². The van der Waals surface area contributed by atoms with Gasteiger partial charge < -0.3 is 9.74 Å². The molecule has 0 aliphatic rings.